The first kappa shape index (κ1) is 26.8. The molecule has 0 amide bonds. The Morgan fingerprint density at radius 1 is 0.950 bits per heavy atom. The van der Waals surface area contributed by atoms with Crippen LogP contribution in [0.4, 0.5) is 0 Å². The third kappa shape index (κ3) is 5.47. The predicted octanol–water partition coefficient (Wildman–Crippen LogP) is 8.84. The molecule has 0 saturated heterocycles. The number of nitrogens with zero attached hydrogens (tertiary/aromatic N) is 3. The molecule has 0 unspecified atom stereocenters. The molecule has 0 bridgehead atoms. The average Bonchev–Trinajstić information content (AvgIpc) is 3.37. The van der Waals surface area contributed by atoms with Crippen LogP contribution in [-0.4, -0.2) is 15.9 Å². The lowest BCUT2D eigenvalue weighted by Gasteiger charge is -2.10. The normalized spacial score (nSPS) is 11.6. The fourth-order valence-electron chi connectivity index (χ4n) is 4.14. The molecule has 4 aromatic carbocycles. The molecule has 2 heterocycles. The van der Waals surface area contributed by atoms with E-state index in [9.17, 15) is 4.79 Å². The Morgan fingerprint density at radius 2 is 1.80 bits per heavy atom. The number of aromatic nitrogens is 2. The number of para-hydroxylation sites is 1. The van der Waals surface area contributed by atoms with Crippen molar-refractivity contribution in [2.75, 3.05) is 0 Å². The van der Waals surface area contributed by atoms with E-state index in [1.807, 2.05) is 30.3 Å². The largest absolute Gasteiger partial charge is 0.488 e. The summed E-state index contributed by atoms with van der Waals surface area (Å²) in [6.07, 6.45) is 1.60. The fourth-order valence-corrected chi connectivity index (χ4v) is 5.34. The van der Waals surface area contributed by atoms with Crippen LogP contribution in [0.1, 0.15) is 11.1 Å². The molecule has 6 aromatic rings. The van der Waals surface area contributed by atoms with Crippen molar-refractivity contribution in [1.82, 2.24) is 9.66 Å². The summed E-state index contributed by atoms with van der Waals surface area (Å²) in [5.41, 5.74) is 2.54. The number of fused-ring (bicyclic) bond motifs is 2. The molecule has 0 aliphatic carbocycles. The van der Waals surface area contributed by atoms with Gasteiger partial charge in [0.05, 0.1) is 30.7 Å². The van der Waals surface area contributed by atoms with E-state index in [1.54, 1.807) is 60.8 Å². The van der Waals surface area contributed by atoms with Crippen molar-refractivity contribution in [3.05, 3.63) is 125 Å². The third-order valence-corrected chi connectivity index (χ3v) is 7.93. The van der Waals surface area contributed by atoms with Gasteiger partial charge in [-0.15, -0.1) is 0 Å². The molecular weight excluding hydrogens is 684 g/mol. The summed E-state index contributed by atoms with van der Waals surface area (Å²) in [5, 5.41) is 7.34. The summed E-state index contributed by atoms with van der Waals surface area (Å²) < 4.78 is 14.1. The lowest BCUT2D eigenvalue weighted by Crippen LogP contribution is -2.20. The Bertz CT molecular complexity index is 2000. The molecule has 198 valence electrons. The van der Waals surface area contributed by atoms with Gasteiger partial charge in [-0.2, -0.15) is 9.78 Å². The Balaban J connectivity index is 1.34. The summed E-state index contributed by atoms with van der Waals surface area (Å²) >= 11 is 20.5. The van der Waals surface area contributed by atoms with Crippen LogP contribution >= 0.6 is 57.4 Å². The van der Waals surface area contributed by atoms with Crippen molar-refractivity contribution in [2.45, 2.75) is 6.61 Å². The molecule has 0 aliphatic rings. The lowest BCUT2D eigenvalue weighted by atomic mass is 10.2. The predicted molar refractivity (Wildman–Crippen MR) is 169 cm³/mol. The van der Waals surface area contributed by atoms with Crippen LogP contribution in [0, 0.1) is 3.57 Å². The summed E-state index contributed by atoms with van der Waals surface area (Å²) in [7, 11) is 0. The molecule has 10 heteroatoms. The molecule has 0 atom stereocenters. The van der Waals surface area contributed by atoms with Crippen LogP contribution in [0.3, 0.4) is 0 Å². The van der Waals surface area contributed by atoms with Gasteiger partial charge in [0.15, 0.2) is 5.76 Å². The smallest absolute Gasteiger partial charge is 0.282 e. The molecule has 0 spiro atoms. The van der Waals surface area contributed by atoms with Crippen LogP contribution in [0.15, 0.2) is 99.2 Å². The van der Waals surface area contributed by atoms with Gasteiger partial charge in [0.1, 0.15) is 17.9 Å². The zero-order valence-corrected chi connectivity index (χ0v) is 24.9. The minimum atomic E-state index is -0.313. The van der Waals surface area contributed by atoms with Crippen molar-refractivity contribution in [3.63, 3.8) is 0 Å². The molecule has 0 aliphatic heterocycles. The van der Waals surface area contributed by atoms with Gasteiger partial charge in [0.25, 0.3) is 5.56 Å². The SMILES string of the molecule is O=c1c2ccccc2nc(-c2cc3cc(Cl)ccc3o2)n1N=Cc1ccc(OCc2ccc(Cl)c(Cl)c2)c(I)c1. The molecule has 0 saturated carbocycles. The van der Waals surface area contributed by atoms with Crippen LogP contribution in [0.2, 0.25) is 15.1 Å². The highest BCUT2D eigenvalue weighted by Gasteiger charge is 2.16. The first-order valence-electron chi connectivity index (χ1n) is 12.0. The van der Waals surface area contributed by atoms with E-state index in [-0.39, 0.29) is 11.4 Å². The van der Waals surface area contributed by atoms with Crippen molar-refractivity contribution in [3.8, 4) is 17.3 Å². The molecule has 0 N–H and O–H groups in total. The van der Waals surface area contributed by atoms with Gasteiger partial charge >= 0.3 is 0 Å². The number of hydrogen-bond donors (Lipinski definition) is 0. The first-order chi connectivity index (χ1) is 19.4. The second-order valence-corrected chi connectivity index (χ2v) is 11.2. The fraction of sp³-hybridized carbons (Fsp3) is 0.0333. The third-order valence-electron chi connectivity index (χ3n) is 6.11. The lowest BCUT2D eigenvalue weighted by molar-refractivity contribution is 0.304. The van der Waals surface area contributed by atoms with E-state index >= 15 is 0 Å². The molecule has 2 aromatic heterocycles. The van der Waals surface area contributed by atoms with E-state index < -0.39 is 0 Å². The second kappa shape index (κ2) is 11.2. The van der Waals surface area contributed by atoms with E-state index in [0.717, 1.165) is 20.1 Å². The van der Waals surface area contributed by atoms with Crippen molar-refractivity contribution >= 4 is 85.5 Å². The van der Waals surface area contributed by atoms with Crippen molar-refractivity contribution in [2.24, 2.45) is 5.10 Å². The molecular formula is C30H17Cl3IN3O3. The maximum atomic E-state index is 13.5. The number of halogens is 4. The van der Waals surface area contributed by atoms with Crippen LogP contribution in [-0.2, 0) is 6.61 Å². The van der Waals surface area contributed by atoms with Crippen LogP contribution < -0.4 is 10.3 Å². The monoisotopic (exact) mass is 699 g/mol. The number of benzene rings is 4. The number of hydrogen-bond acceptors (Lipinski definition) is 5. The van der Waals surface area contributed by atoms with E-state index in [0.29, 0.717) is 49.7 Å². The number of furan rings is 1. The van der Waals surface area contributed by atoms with Gasteiger partial charge in [-0.1, -0.05) is 53.0 Å². The zero-order valence-electron chi connectivity index (χ0n) is 20.4. The Labute approximate surface area is 256 Å². The van der Waals surface area contributed by atoms with Gasteiger partial charge in [-0.05, 0) is 100 Å². The average molecular weight is 701 g/mol. The van der Waals surface area contributed by atoms with Gasteiger partial charge in [0, 0.05) is 10.4 Å². The molecule has 40 heavy (non-hydrogen) atoms. The molecule has 0 fully saturated rings. The topological polar surface area (TPSA) is 69.6 Å². The summed E-state index contributed by atoms with van der Waals surface area (Å²) in [4.78, 5) is 18.2. The van der Waals surface area contributed by atoms with Crippen LogP contribution in [0.5, 0.6) is 5.75 Å². The highest BCUT2D eigenvalue weighted by Crippen LogP contribution is 2.29. The van der Waals surface area contributed by atoms with Crippen molar-refractivity contribution < 1.29 is 9.15 Å². The Morgan fingerprint density at radius 3 is 2.62 bits per heavy atom. The maximum absolute atomic E-state index is 13.5. The maximum Gasteiger partial charge on any atom is 0.282 e. The summed E-state index contributed by atoms with van der Waals surface area (Å²) in [5.74, 6) is 1.39. The first-order valence-corrected chi connectivity index (χ1v) is 14.2. The Kier molecular flexibility index (Phi) is 7.55. The highest BCUT2D eigenvalue weighted by atomic mass is 127. The Hall–Kier alpha value is -3.37. The molecule has 0 radical (unpaired) electrons. The number of ether oxygens (including phenoxy) is 1. The van der Waals surface area contributed by atoms with Gasteiger partial charge in [-0.3, -0.25) is 4.79 Å². The molecule has 6 rings (SSSR count). The van der Waals surface area contributed by atoms with Gasteiger partial charge in [0.2, 0.25) is 5.82 Å². The minimum absolute atomic E-state index is 0.281. The second-order valence-electron chi connectivity index (χ2n) is 8.83. The quantitative estimate of drug-likeness (QED) is 0.129. The summed E-state index contributed by atoms with van der Waals surface area (Å²) in [6.45, 7) is 0.338. The van der Waals surface area contributed by atoms with Crippen molar-refractivity contribution in [1.29, 1.82) is 0 Å². The van der Waals surface area contributed by atoms with Gasteiger partial charge in [-0.25, -0.2) is 4.98 Å². The molecule has 6 nitrogen and oxygen atoms in total. The zero-order chi connectivity index (χ0) is 27.8. The highest BCUT2D eigenvalue weighted by molar-refractivity contribution is 14.1. The summed E-state index contributed by atoms with van der Waals surface area (Å²) in [6, 6.07) is 25.3. The van der Waals surface area contributed by atoms with E-state index in [2.05, 4.69) is 27.7 Å². The standard InChI is InChI=1S/C30H17Cl3IN3O3/c31-20-7-10-26-19(13-20)14-28(40-26)29-36-25-4-2-1-3-21(25)30(38)37(29)35-15-17-6-9-27(24(34)12-17)39-16-18-5-8-22(32)23(33)11-18/h1-15H,16H2. The van der Waals surface area contributed by atoms with Crippen LogP contribution in [0.25, 0.3) is 33.5 Å². The number of rotatable bonds is 6. The van der Waals surface area contributed by atoms with Gasteiger partial charge < -0.3 is 9.15 Å². The van der Waals surface area contributed by atoms with E-state index in [1.165, 1.54) is 4.68 Å². The minimum Gasteiger partial charge on any atom is -0.488 e. The van der Waals surface area contributed by atoms with E-state index in [4.69, 9.17) is 48.9 Å².